The topological polar surface area (TPSA) is 105 Å². The molecule has 0 spiro atoms. The Labute approximate surface area is 256 Å². The van der Waals surface area contributed by atoms with Gasteiger partial charge in [-0.1, -0.05) is 36.6 Å². The summed E-state index contributed by atoms with van der Waals surface area (Å²) in [6.07, 6.45) is 3.77. The first-order valence-corrected chi connectivity index (χ1v) is 15.7. The molecule has 2 amide bonds. The van der Waals surface area contributed by atoms with Crippen LogP contribution in [0.5, 0.6) is 11.5 Å². The summed E-state index contributed by atoms with van der Waals surface area (Å²) >= 11 is 6.19. The third-order valence-corrected chi connectivity index (χ3v) is 9.45. The number of rotatable bonds is 12. The average molecular weight is 632 g/mol. The Morgan fingerprint density at radius 2 is 1.67 bits per heavy atom. The number of amides is 2. The van der Waals surface area contributed by atoms with Crippen LogP contribution in [0.2, 0.25) is 5.02 Å². The van der Waals surface area contributed by atoms with E-state index in [-0.39, 0.29) is 34.8 Å². The van der Waals surface area contributed by atoms with Gasteiger partial charge in [-0.25, -0.2) is 12.8 Å². The summed E-state index contributed by atoms with van der Waals surface area (Å²) in [5, 5.41) is 3.48. The van der Waals surface area contributed by atoms with Gasteiger partial charge in [-0.05, 0) is 73.9 Å². The molecule has 1 atom stereocenters. The van der Waals surface area contributed by atoms with Gasteiger partial charge in [0, 0.05) is 23.7 Å². The highest BCUT2D eigenvalue weighted by atomic mass is 35.5. The number of carbonyl (C=O) groups excluding carboxylic acids is 2. The van der Waals surface area contributed by atoms with Crippen molar-refractivity contribution in [1.29, 1.82) is 0 Å². The quantitative estimate of drug-likeness (QED) is 0.296. The summed E-state index contributed by atoms with van der Waals surface area (Å²) in [4.78, 5) is 28.5. The number of sulfonamides is 1. The molecular weight excluding hydrogens is 597 g/mol. The fraction of sp³-hybridized carbons (Fsp3) is 0.355. The predicted octanol–water partition coefficient (Wildman–Crippen LogP) is 5.17. The van der Waals surface area contributed by atoms with E-state index in [2.05, 4.69) is 5.32 Å². The smallest absolute Gasteiger partial charge is 0.264 e. The van der Waals surface area contributed by atoms with Crippen molar-refractivity contribution in [3.8, 4) is 11.5 Å². The molecular formula is C31H35ClFN3O6S. The normalized spacial score (nSPS) is 14.2. The number of benzene rings is 3. The van der Waals surface area contributed by atoms with Crippen LogP contribution in [0.4, 0.5) is 10.1 Å². The Kier molecular flexibility index (Phi) is 10.5. The molecule has 230 valence electrons. The fourth-order valence-corrected chi connectivity index (χ4v) is 6.69. The molecule has 1 N–H and O–H groups in total. The lowest BCUT2D eigenvalue weighted by molar-refractivity contribution is -0.139. The van der Waals surface area contributed by atoms with Gasteiger partial charge in [-0.2, -0.15) is 0 Å². The maximum atomic E-state index is 14.1. The monoisotopic (exact) mass is 631 g/mol. The summed E-state index contributed by atoms with van der Waals surface area (Å²) < 4.78 is 53.4. The number of carbonyl (C=O) groups is 2. The first-order chi connectivity index (χ1) is 20.5. The van der Waals surface area contributed by atoms with Crippen LogP contribution in [0.1, 0.15) is 38.2 Å². The Morgan fingerprint density at radius 3 is 2.30 bits per heavy atom. The lowest BCUT2D eigenvalue weighted by Crippen LogP contribution is -2.52. The van der Waals surface area contributed by atoms with Gasteiger partial charge in [-0.15, -0.1) is 0 Å². The van der Waals surface area contributed by atoms with E-state index >= 15 is 0 Å². The second kappa shape index (κ2) is 14.1. The van der Waals surface area contributed by atoms with Gasteiger partial charge in [0.15, 0.2) is 11.5 Å². The summed E-state index contributed by atoms with van der Waals surface area (Å²) in [7, 11) is -1.59. The zero-order valence-electron chi connectivity index (χ0n) is 24.3. The molecule has 0 aliphatic heterocycles. The highest BCUT2D eigenvalue weighted by Gasteiger charge is 2.34. The van der Waals surface area contributed by atoms with E-state index in [0.717, 1.165) is 42.1 Å². The summed E-state index contributed by atoms with van der Waals surface area (Å²) in [5.41, 5.74) is 0.729. The van der Waals surface area contributed by atoms with Crippen LogP contribution in [-0.4, -0.2) is 58.0 Å². The molecule has 43 heavy (non-hydrogen) atoms. The third kappa shape index (κ3) is 7.77. The molecule has 9 nitrogen and oxygen atoms in total. The minimum absolute atomic E-state index is 0.00626. The Bertz CT molecular complexity index is 1550. The maximum Gasteiger partial charge on any atom is 0.264 e. The molecule has 0 radical (unpaired) electrons. The highest BCUT2D eigenvalue weighted by molar-refractivity contribution is 7.92. The zero-order chi connectivity index (χ0) is 31.1. The van der Waals surface area contributed by atoms with Crippen LogP contribution in [0.15, 0.2) is 71.6 Å². The molecule has 3 aromatic carbocycles. The van der Waals surface area contributed by atoms with E-state index in [0.29, 0.717) is 16.3 Å². The van der Waals surface area contributed by atoms with E-state index < -0.39 is 34.3 Å². The molecule has 0 heterocycles. The molecule has 1 aliphatic rings. The Balaban J connectivity index is 1.71. The van der Waals surface area contributed by atoms with Gasteiger partial charge >= 0.3 is 0 Å². The number of nitrogens with zero attached hydrogens (tertiary/aromatic N) is 2. The largest absolute Gasteiger partial charge is 0.493 e. The van der Waals surface area contributed by atoms with E-state index in [1.165, 1.54) is 49.5 Å². The number of methoxy groups -OCH3 is 2. The number of anilines is 1. The maximum absolute atomic E-state index is 14.1. The molecule has 0 bridgehead atoms. The van der Waals surface area contributed by atoms with Crippen molar-refractivity contribution in [2.75, 3.05) is 25.1 Å². The van der Waals surface area contributed by atoms with E-state index in [4.69, 9.17) is 21.1 Å². The van der Waals surface area contributed by atoms with Crippen molar-refractivity contribution in [1.82, 2.24) is 10.2 Å². The number of hydrogen-bond donors (Lipinski definition) is 1. The molecule has 1 saturated carbocycles. The molecule has 3 aromatic rings. The summed E-state index contributed by atoms with van der Waals surface area (Å²) in [6.45, 7) is 0.952. The van der Waals surface area contributed by atoms with Crippen molar-refractivity contribution in [3.05, 3.63) is 83.1 Å². The molecule has 4 rings (SSSR count). The Hall–Kier alpha value is -3.83. The standard InChI is InChI=1S/C31H35ClFN3O6S/c1-21(31(38)34-25-9-4-5-10-25)35(19-22-7-6-8-23(32)17-22)30(37)20-36(26-13-11-24(33)12-14-26)43(39,40)27-15-16-28(41-2)29(18-27)42-3/h6-8,11-18,21,25H,4-5,9-10,19-20H2,1-3H3,(H,34,38). The van der Waals surface area contributed by atoms with Crippen molar-refractivity contribution in [3.63, 3.8) is 0 Å². The first kappa shape index (κ1) is 32.1. The first-order valence-electron chi connectivity index (χ1n) is 13.9. The number of hydrogen-bond acceptors (Lipinski definition) is 6. The number of halogens is 2. The molecule has 1 aliphatic carbocycles. The van der Waals surface area contributed by atoms with E-state index in [9.17, 15) is 22.4 Å². The van der Waals surface area contributed by atoms with Gasteiger partial charge in [-0.3, -0.25) is 13.9 Å². The van der Waals surface area contributed by atoms with E-state index in [1.807, 2.05) is 0 Å². The van der Waals surface area contributed by atoms with Crippen LogP contribution in [0.25, 0.3) is 0 Å². The minimum Gasteiger partial charge on any atom is -0.493 e. The molecule has 1 unspecified atom stereocenters. The number of ether oxygens (including phenoxy) is 2. The van der Waals surface area contributed by atoms with Gasteiger partial charge in [0.1, 0.15) is 18.4 Å². The van der Waals surface area contributed by atoms with Crippen molar-refractivity contribution in [2.45, 2.75) is 56.1 Å². The minimum atomic E-state index is -4.39. The molecule has 0 aromatic heterocycles. The van der Waals surface area contributed by atoms with Gasteiger partial charge in [0.05, 0.1) is 24.8 Å². The Morgan fingerprint density at radius 1 is 1.00 bits per heavy atom. The highest BCUT2D eigenvalue weighted by Crippen LogP contribution is 2.32. The average Bonchev–Trinajstić information content (AvgIpc) is 3.51. The second-order valence-corrected chi connectivity index (χ2v) is 12.6. The van der Waals surface area contributed by atoms with Crippen LogP contribution in [0, 0.1) is 5.82 Å². The van der Waals surface area contributed by atoms with Crippen molar-refractivity contribution < 1.29 is 31.9 Å². The van der Waals surface area contributed by atoms with Crippen molar-refractivity contribution in [2.24, 2.45) is 0 Å². The summed E-state index contributed by atoms with van der Waals surface area (Å²) in [6, 6.07) is 14.8. The van der Waals surface area contributed by atoms with Gasteiger partial charge in [0.25, 0.3) is 10.0 Å². The third-order valence-electron chi connectivity index (χ3n) is 7.45. The zero-order valence-corrected chi connectivity index (χ0v) is 25.8. The number of nitrogens with one attached hydrogen (secondary N) is 1. The van der Waals surface area contributed by atoms with Gasteiger partial charge < -0.3 is 19.7 Å². The van der Waals surface area contributed by atoms with Crippen LogP contribution < -0.4 is 19.1 Å². The fourth-order valence-electron chi connectivity index (χ4n) is 5.05. The molecule has 1 fully saturated rings. The predicted molar refractivity (Wildman–Crippen MR) is 162 cm³/mol. The van der Waals surface area contributed by atoms with Crippen LogP contribution >= 0.6 is 11.6 Å². The van der Waals surface area contributed by atoms with Crippen molar-refractivity contribution >= 4 is 39.1 Å². The summed E-state index contributed by atoms with van der Waals surface area (Å²) in [5.74, 6) is -1.05. The van der Waals surface area contributed by atoms with Gasteiger partial charge in [0.2, 0.25) is 11.8 Å². The lowest BCUT2D eigenvalue weighted by atomic mass is 10.1. The van der Waals surface area contributed by atoms with Crippen LogP contribution in [0.3, 0.4) is 0 Å². The molecule has 0 saturated heterocycles. The van der Waals surface area contributed by atoms with E-state index in [1.54, 1.807) is 31.2 Å². The molecule has 12 heteroatoms. The van der Waals surface area contributed by atoms with Crippen LogP contribution in [-0.2, 0) is 26.2 Å². The lowest BCUT2D eigenvalue weighted by Gasteiger charge is -2.32. The SMILES string of the molecule is COc1ccc(S(=O)(=O)N(CC(=O)N(Cc2cccc(Cl)c2)C(C)C(=O)NC2CCCC2)c2ccc(F)cc2)cc1OC. The second-order valence-electron chi connectivity index (χ2n) is 10.3.